The zero-order chi connectivity index (χ0) is 76.6. The van der Waals surface area contributed by atoms with E-state index in [0.717, 1.165) is 125 Å². The molecule has 0 radical (unpaired) electrons. The lowest BCUT2D eigenvalue weighted by molar-refractivity contribution is 0.349. The van der Waals surface area contributed by atoms with Crippen LogP contribution in [0.25, 0.3) is 34.4 Å². The normalized spacial score (nSPS) is 17.6. The summed E-state index contributed by atoms with van der Waals surface area (Å²) in [5.41, 5.74) is 16.3. The first-order valence-corrected chi connectivity index (χ1v) is 37.4. The van der Waals surface area contributed by atoms with Crippen molar-refractivity contribution >= 4 is 46.3 Å². The van der Waals surface area contributed by atoms with Gasteiger partial charge in [0.2, 0.25) is 0 Å². The number of aryl methyl sites for hydroxylation is 2. The van der Waals surface area contributed by atoms with Crippen LogP contribution in [0, 0.1) is 48.8 Å². The first-order valence-electron chi connectivity index (χ1n) is 37.4. The Morgan fingerprint density at radius 2 is 0.604 bits per heavy atom. The molecule has 14 aromatic rings. The highest BCUT2D eigenvalue weighted by atomic mass is 19.2. The van der Waals surface area contributed by atoms with E-state index in [9.17, 15) is 0 Å². The highest BCUT2D eigenvalue weighted by Crippen LogP contribution is 2.66. The van der Waals surface area contributed by atoms with Gasteiger partial charge in [0.05, 0.1) is 10.8 Å². The summed E-state index contributed by atoms with van der Waals surface area (Å²) in [6.45, 7) is 20.5. The van der Waals surface area contributed by atoms with Crippen LogP contribution in [0.4, 0.5) is 60.5 Å². The average Bonchev–Trinajstić information content (AvgIpc) is 1.54. The smallest absolute Gasteiger partial charge is 0.128 e. The third-order valence-electron chi connectivity index (χ3n) is 23.8. The first-order chi connectivity index (χ1) is 53.6. The second-order valence-corrected chi connectivity index (χ2v) is 31.4. The van der Waals surface area contributed by atoms with E-state index in [4.69, 9.17) is 9.47 Å². The van der Waals surface area contributed by atoms with Crippen LogP contribution < -0.4 is 19.3 Å². The topological polar surface area (TPSA) is 24.9 Å². The van der Waals surface area contributed by atoms with E-state index in [0.29, 0.717) is 68.0 Å². The van der Waals surface area contributed by atoms with Crippen molar-refractivity contribution in [2.45, 2.75) is 81.5 Å². The van der Waals surface area contributed by atoms with Gasteiger partial charge in [-0.1, -0.05) is 186 Å². The summed E-state index contributed by atoms with van der Waals surface area (Å²) < 4.78 is 111. The largest absolute Gasteiger partial charge is 0.457 e. The van der Waals surface area contributed by atoms with Gasteiger partial charge >= 0.3 is 0 Å². The van der Waals surface area contributed by atoms with E-state index >= 15 is 26.3 Å². The van der Waals surface area contributed by atoms with E-state index in [-0.39, 0.29) is 10.8 Å². The Hall–Kier alpha value is -12.7. The van der Waals surface area contributed by atoms with Gasteiger partial charge in [0.15, 0.2) is 0 Å². The molecule has 2 unspecified atom stereocenters. The van der Waals surface area contributed by atoms with Gasteiger partial charge in [-0.2, -0.15) is 0 Å². The Balaban J connectivity index is 0.802. The summed E-state index contributed by atoms with van der Waals surface area (Å²) in [4.78, 5) is 4.19. The number of rotatable bonds is 16. The number of halogens is 6. The number of hydrogen-bond donors (Lipinski definition) is 0. The molecular formula is C101H76F6N2O2. The third kappa shape index (κ3) is 11.3. The van der Waals surface area contributed by atoms with Gasteiger partial charge < -0.3 is 19.3 Å². The monoisotopic (exact) mass is 1460 g/mol. The fourth-order valence-corrected chi connectivity index (χ4v) is 19.0. The molecule has 4 aliphatic carbocycles. The number of benzene rings is 14. The van der Waals surface area contributed by atoms with Crippen LogP contribution in [0.15, 0.2) is 304 Å². The minimum absolute atomic E-state index is 0.381. The van der Waals surface area contributed by atoms with E-state index in [2.05, 4.69) is 123 Å². The number of ether oxygens (including phenoxy) is 2. The Morgan fingerprint density at radius 1 is 0.297 bits per heavy atom. The highest BCUT2D eigenvalue weighted by molar-refractivity contribution is 5.92. The van der Waals surface area contributed by atoms with Crippen LogP contribution in [0.2, 0.25) is 0 Å². The minimum atomic E-state index is -1.29. The predicted molar refractivity (Wildman–Crippen MR) is 435 cm³/mol. The van der Waals surface area contributed by atoms with Crippen LogP contribution >= 0.6 is 0 Å². The Kier molecular flexibility index (Phi) is 16.6. The maximum Gasteiger partial charge on any atom is 0.128 e. The molecule has 0 aromatic heterocycles. The second kappa shape index (κ2) is 26.3. The van der Waals surface area contributed by atoms with Crippen molar-refractivity contribution in [2.24, 2.45) is 0 Å². The molecule has 4 aliphatic rings. The molecule has 2 atom stereocenters. The van der Waals surface area contributed by atoms with Gasteiger partial charge in [-0.15, -0.1) is 0 Å². The van der Waals surface area contributed by atoms with E-state index in [1.807, 2.05) is 158 Å². The summed E-state index contributed by atoms with van der Waals surface area (Å²) >= 11 is 0. The Morgan fingerprint density at radius 3 is 0.955 bits per heavy atom. The molecule has 111 heavy (non-hydrogen) atoms. The molecule has 544 valence electrons. The van der Waals surface area contributed by atoms with Gasteiger partial charge in [0.1, 0.15) is 57.9 Å². The summed E-state index contributed by atoms with van der Waals surface area (Å²) in [7, 11) is 0. The lowest BCUT2D eigenvalue weighted by Crippen LogP contribution is -2.29. The fraction of sp³-hybridized carbons (Fsp3) is 0.129. The number of nitrogens with zero attached hydrogens (tertiary/aromatic N) is 2. The highest BCUT2D eigenvalue weighted by Gasteiger charge is 2.57. The van der Waals surface area contributed by atoms with E-state index in [1.54, 1.807) is 50.3 Å². The van der Waals surface area contributed by atoms with E-state index < -0.39 is 51.1 Å². The summed E-state index contributed by atoms with van der Waals surface area (Å²) in [6.07, 6.45) is 4.99. The molecule has 0 N–H and O–H groups in total. The predicted octanol–water partition coefficient (Wildman–Crippen LogP) is 27.3. The third-order valence-corrected chi connectivity index (χ3v) is 23.8. The second-order valence-electron chi connectivity index (χ2n) is 31.4. The lowest BCUT2D eigenvalue weighted by atomic mass is 9.67. The first kappa shape index (κ1) is 70.0. The molecule has 0 saturated heterocycles. The molecule has 10 heteroatoms. The molecule has 0 saturated carbocycles. The number of fused-ring (bicyclic) bond motifs is 10. The maximum absolute atomic E-state index is 16.7. The lowest BCUT2D eigenvalue weighted by Gasteiger charge is -2.35. The SMILES string of the molecule is C=Cc1ccc(Oc2ccc(C3(c4cc(F)cc(F)c4)c4ccccc4-c4ccc(N(c5ccc(C)c(F)c5)c5ccc6c(c5)C5(CC6(C)C)CC(C)(C)c6ccc(N(c7ccc(C)c(F)c7)c7ccc8c(c7)C(c7ccc(Oc9ccc(C=C)cc9)cc7)(c7cc(F)cc(F)c7)c7ccccc7-8)cc65)cc43)cc2)cc1. The van der Waals surface area contributed by atoms with Gasteiger partial charge in [-0.25, -0.2) is 26.3 Å². The van der Waals surface area contributed by atoms with Crippen LogP contribution in [-0.4, -0.2) is 0 Å². The zero-order valence-corrected chi connectivity index (χ0v) is 62.2. The summed E-state index contributed by atoms with van der Waals surface area (Å²) in [5.74, 6) is -1.30. The molecule has 4 nitrogen and oxygen atoms in total. The molecule has 0 bridgehead atoms. The standard InChI is InChI=1S/C101H76F6N2O2/c1-9-63-21-35-79(36-22-63)110-81-39-25-65(26-40-81)100(67-47-69(102)51-70(103)48-67)87-17-13-11-15-83(87)85-43-31-73(53-91(85)100)108(77-29-19-61(3)95(106)57-77)75-33-45-89-93(55-75)99(59-97(89,5)6)60-98(7,8)90-46-34-76(56-94(90)99)109(78-30-20-62(4)96(107)58-78)74-32-44-86-84-16-12-14-18-88(84)101(92(86)54-74,68-49-71(104)52-72(105)50-68)66-27-41-82(42-28-66)111-80-37-23-64(10-2)24-38-80/h9-58H,1-2,59-60H2,3-8H3. The van der Waals surface area contributed by atoms with Gasteiger partial charge in [0, 0.05) is 51.7 Å². The van der Waals surface area contributed by atoms with Crippen LogP contribution in [0.1, 0.15) is 130 Å². The van der Waals surface area contributed by atoms with Gasteiger partial charge in [-0.3, -0.25) is 0 Å². The van der Waals surface area contributed by atoms with Crippen molar-refractivity contribution in [2.75, 3.05) is 9.80 Å². The van der Waals surface area contributed by atoms with Crippen molar-refractivity contribution in [1.82, 2.24) is 0 Å². The molecule has 0 heterocycles. The van der Waals surface area contributed by atoms with E-state index in [1.165, 1.54) is 24.3 Å². The van der Waals surface area contributed by atoms with Crippen LogP contribution in [-0.2, 0) is 27.1 Å². The Labute approximate surface area is 643 Å². The quantitative estimate of drug-likeness (QED) is 0.0900. The van der Waals surface area contributed by atoms with Crippen LogP contribution in [0.3, 0.4) is 0 Å². The average molecular weight is 1460 g/mol. The molecule has 0 fully saturated rings. The zero-order valence-electron chi connectivity index (χ0n) is 62.2. The van der Waals surface area contributed by atoms with Crippen molar-refractivity contribution < 1.29 is 35.8 Å². The minimum Gasteiger partial charge on any atom is -0.457 e. The fourth-order valence-electron chi connectivity index (χ4n) is 19.0. The number of hydrogen-bond acceptors (Lipinski definition) is 4. The molecule has 0 amide bonds. The molecule has 0 aliphatic heterocycles. The Bertz CT molecular complexity index is 5730. The molecule has 18 rings (SSSR count). The van der Waals surface area contributed by atoms with Crippen molar-refractivity contribution in [3.8, 4) is 45.3 Å². The summed E-state index contributed by atoms with van der Waals surface area (Å²) in [5, 5.41) is 0. The molecular weight excluding hydrogens is 1390 g/mol. The number of anilines is 6. The van der Waals surface area contributed by atoms with Crippen LogP contribution in [0.5, 0.6) is 23.0 Å². The molecule has 1 spiro atoms. The van der Waals surface area contributed by atoms with Crippen molar-refractivity contribution in [1.29, 1.82) is 0 Å². The van der Waals surface area contributed by atoms with Gasteiger partial charge in [-0.05, 0) is 294 Å². The maximum atomic E-state index is 16.7. The summed E-state index contributed by atoms with van der Waals surface area (Å²) in [6, 6.07) is 90.4. The van der Waals surface area contributed by atoms with Crippen molar-refractivity contribution in [3.63, 3.8) is 0 Å². The van der Waals surface area contributed by atoms with Gasteiger partial charge in [0.25, 0.3) is 0 Å². The molecule has 14 aromatic carbocycles. The van der Waals surface area contributed by atoms with Crippen molar-refractivity contribution in [3.05, 3.63) is 428 Å².